The lowest BCUT2D eigenvalue weighted by atomic mass is 9.89. The molecule has 1 N–H and O–H groups in total. The Bertz CT molecular complexity index is 452. The molecule has 0 amide bonds. The summed E-state index contributed by atoms with van der Waals surface area (Å²) in [5.41, 5.74) is 1.59. The van der Waals surface area contributed by atoms with Gasteiger partial charge in [-0.15, -0.1) is 11.3 Å². The van der Waals surface area contributed by atoms with Crippen LogP contribution in [-0.2, 0) is 11.0 Å². The predicted octanol–water partition coefficient (Wildman–Crippen LogP) is 4.21. The molecule has 3 heteroatoms. The zero-order valence-corrected chi connectivity index (χ0v) is 13.4. The summed E-state index contributed by atoms with van der Waals surface area (Å²) >= 11 is 1.87. The molecular weight excluding hydrogens is 252 g/mol. The van der Waals surface area contributed by atoms with Crippen LogP contribution < -0.4 is 5.32 Å². The molecule has 0 radical (unpaired) electrons. The SMILES string of the molecule is CCC(NC1CC1)(c1nc(C(C)(C)C)cs1)C1CC1. The fourth-order valence-corrected chi connectivity index (χ4v) is 4.25. The molecule has 1 unspecified atom stereocenters. The first-order chi connectivity index (χ1) is 8.95. The van der Waals surface area contributed by atoms with Gasteiger partial charge in [0.05, 0.1) is 11.2 Å². The average Bonchev–Trinajstić information content (AvgIpc) is 3.25. The minimum Gasteiger partial charge on any atom is -0.302 e. The summed E-state index contributed by atoms with van der Waals surface area (Å²) in [6.07, 6.45) is 6.62. The van der Waals surface area contributed by atoms with Gasteiger partial charge in [0.15, 0.2) is 0 Å². The van der Waals surface area contributed by atoms with Crippen LogP contribution in [-0.4, -0.2) is 11.0 Å². The van der Waals surface area contributed by atoms with Crippen LogP contribution in [0.5, 0.6) is 0 Å². The normalized spacial score (nSPS) is 23.4. The summed E-state index contributed by atoms with van der Waals surface area (Å²) in [5.74, 6) is 0.817. The van der Waals surface area contributed by atoms with Crippen LogP contribution in [0.25, 0.3) is 0 Å². The fraction of sp³-hybridized carbons (Fsp3) is 0.812. The van der Waals surface area contributed by atoms with Gasteiger partial charge >= 0.3 is 0 Å². The summed E-state index contributed by atoms with van der Waals surface area (Å²) in [4.78, 5) is 5.02. The Balaban J connectivity index is 1.92. The molecule has 0 spiro atoms. The Morgan fingerprint density at radius 1 is 1.26 bits per heavy atom. The van der Waals surface area contributed by atoms with Crippen LogP contribution in [0.3, 0.4) is 0 Å². The Morgan fingerprint density at radius 3 is 2.37 bits per heavy atom. The van der Waals surface area contributed by atoms with E-state index < -0.39 is 0 Å². The number of aromatic nitrogens is 1. The second-order valence-corrected chi connectivity index (χ2v) is 8.16. The van der Waals surface area contributed by atoms with Gasteiger partial charge in [0.2, 0.25) is 0 Å². The lowest BCUT2D eigenvalue weighted by molar-refractivity contribution is 0.270. The molecule has 1 atom stereocenters. The number of nitrogens with one attached hydrogen (secondary N) is 1. The van der Waals surface area contributed by atoms with Gasteiger partial charge in [-0.1, -0.05) is 27.7 Å². The number of hydrogen-bond acceptors (Lipinski definition) is 3. The van der Waals surface area contributed by atoms with E-state index in [2.05, 4.69) is 38.4 Å². The van der Waals surface area contributed by atoms with Crippen molar-refractivity contribution < 1.29 is 0 Å². The Kier molecular flexibility index (Phi) is 3.25. The molecule has 1 aromatic rings. The van der Waals surface area contributed by atoms with Crippen LogP contribution in [0.1, 0.15) is 70.5 Å². The lowest BCUT2D eigenvalue weighted by Crippen LogP contribution is -2.45. The maximum absolute atomic E-state index is 5.02. The van der Waals surface area contributed by atoms with Crippen LogP contribution in [0.15, 0.2) is 5.38 Å². The smallest absolute Gasteiger partial charge is 0.113 e. The van der Waals surface area contributed by atoms with E-state index in [1.54, 1.807) is 0 Å². The first kappa shape index (κ1) is 13.6. The molecule has 0 aromatic carbocycles. The first-order valence-corrected chi connectivity index (χ1v) is 8.58. The van der Waals surface area contributed by atoms with E-state index in [1.807, 2.05) is 11.3 Å². The molecular formula is C16H26N2S. The molecule has 0 bridgehead atoms. The number of thiazole rings is 1. The standard InChI is InChI=1S/C16H26N2S/c1-5-16(11-6-7-11,18-12-8-9-12)14-17-13(10-19-14)15(2,3)4/h10-12,18H,5-9H2,1-4H3. The van der Waals surface area contributed by atoms with E-state index in [0.717, 1.165) is 12.0 Å². The van der Waals surface area contributed by atoms with Gasteiger partial charge in [0.1, 0.15) is 5.01 Å². The second-order valence-electron chi connectivity index (χ2n) is 7.31. The minimum absolute atomic E-state index is 0.164. The Morgan fingerprint density at radius 2 is 1.95 bits per heavy atom. The van der Waals surface area contributed by atoms with Gasteiger partial charge in [0.25, 0.3) is 0 Å². The molecule has 2 fully saturated rings. The summed E-state index contributed by atoms with van der Waals surface area (Å²) in [6.45, 7) is 9.09. The molecule has 2 saturated carbocycles. The van der Waals surface area contributed by atoms with Crippen molar-refractivity contribution in [1.82, 2.24) is 10.3 Å². The number of nitrogens with zero attached hydrogens (tertiary/aromatic N) is 1. The van der Waals surface area contributed by atoms with Crippen molar-refractivity contribution in [2.75, 3.05) is 0 Å². The molecule has 19 heavy (non-hydrogen) atoms. The molecule has 2 nitrogen and oxygen atoms in total. The fourth-order valence-electron chi connectivity index (χ4n) is 2.89. The summed E-state index contributed by atoms with van der Waals surface area (Å²) in [5, 5.41) is 7.56. The molecule has 1 heterocycles. The average molecular weight is 278 g/mol. The predicted molar refractivity (Wildman–Crippen MR) is 81.7 cm³/mol. The summed E-state index contributed by atoms with van der Waals surface area (Å²) in [6, 6.07) is 0.752. The van der Waals surface area contributed by atoms with Gasteiger partial charge in [-0.25, -0.2) is 4.98 Å². The van der Waals surface area contributed by atoms with E-state index in [-0.39, 0.29) is 11.0 Å². The largest absolute Gasteiger partial charge is 0.302 e. The molecule has 0 saturated heterocycles. The van der Waals surface area contributed by atoms with Crippen molar-refractivity contribution in [3.8, 4) is 0 Å². The number of hydrogen-bond donors (Lipinski definition) is 1. The van der Waals surface area contributed by atoms with Gasteiger partial charge < -0.3 is 5.32 Å². The molecule has 0 aliphatic heterocycles. The molecule has 2 aliphatic rings. The summed E-state index contributed by atoms with van der Waals surface area (Å²) in [7, 11) is 0. The molecule has 1 aromatic heterocycles. The lowest BCUT2D eigenvalue weighted by Gasteiger charge is -2.33. The second kappa shape index (κ2) is 4.56. The van der Waals surface area contributed by atoms with Crippen molar-refractivity contribution in [3.63, 3.8) is 0 Å². The van der Waals surface area contributed by atoms with Crippen LogP contribution in [0, 0.1) is 5.92 Å². The van der Waals surface area contributed by atoms with Crippen molar-refractivity contribution in [3.05, 3.63) is 16.1 Å². The van der Waals surface area contributed by atoms with E-state index >= 15 is 0 Å². The van der Waals surface area contributed by atoms with Crippen LogP contribution in [0.4, 0.5) is 0 Å². The van der Waals surface area contributed by atoms with Crippen molar-refractivity contribution in [2.45, 2.75) is 76.8 Å². The maximum atomic E-state index is 5.02. The van der Waals surface area contributed by atoms with E-state index in [0.29, 0.717) is 0 Å². The van der Waals surface area contributed by atoms with Gasteiger partial charge in [0, 0.05) is 16.8 Å². The zero-order chi connectivity index (χ0) is 13.7. The molecule has 2 aliphatic carbocycles. The topological polar surface area (TPSA) is 24.9 Å². The summed E-state index contributed by atoms with van der Waals surface area (Å²) < 4.78 is 0. The maximum Gasteiger partial charge on any atom is 0.113 e. The highest BCUT2D eigenvalue weighted by atomic mass is 32.1. The first-order valence-electron chi connectivity index (χ1n) is 7.70. The van der Waals surface area contributed by atoms with E-state index in [4.69, 9.17) is 4.98 Å². The van der Waals surface area contributed by atoms with E-state index in [1.165, 1.54) is 42.8 Å². The van der Waals surface area contributed by atoms with Gasteiger partial charge in [-0.3, -0.25) is 0 Å². The van der Waals surface area contributed by atoms with Crippen LogP contribution in [0.2, 0.25) is 0 Å². The third-order valence-corrected chi connectivity index (χ3v) is 5.55. The monoisotopic (exact) mass is 278 g/mol. The third kappa shape index (κ3) is 2.59. The minimum atomic E-state index is 0.164. The molecule has 106 valence electrons. The highest BCUT2D eigenvalue weighted by Crippen LogP contribution is 2.50. The quantitative estimate of drug-likeness (QED) is 0.873. The zero-order valence-electron chi connectivity index (χ0n) is 12.6. The van der Waals surface area contributed by atoms with Gasteiger partial charge in [-0.05, 0) is 38.0 Å². The Labute approximate surface area is 121 Å². The highest BCUT2D eigenvalue weighted by molar-refractivity contribution is 7.09. The van der Waals surface area contributed by atoms with E-state index in [9.17, 15) is 0 Å². The Hall–Kier alpha value is -0.410. The van der Waals surface area contributed by atoms with Crippen molar-refractivity contribution in [1.29, 1.82) is 0 Å². The highest BCUT2D eigenvalue weighted by Gasteiger charge is 2.49. The van der Waals surface area contributed by atoms with Crippen molar-refractivity contribution >= 4 is 11.3 Å². The third-order valence-electron chi connectivity index (χ3n) is 4.53. The molecule has 3 rings (SSSR count). The van der Waals surface area contributed by atoms with Crippen LogP contribution >= 0.6 is 11.3 Å². The number of rotatable bonds is 5. The van der Waals surface area contributed by atoms with Gasteiger partial charge in [-0.2, -0.15) is 0 Å². The van der Waals surface area contributed by atoms with Crippen molar-refractivity contribution in [2.24, 2.45) is 5.92 Å².